The smallest absolute Gasteiger partial charge is 0.164 e. The number of ether oxygens (including phenoxy) is 1. The summed E-state index contributed by atoms with van der Waals surface area (Å²) in [4.78, 5) is 10.9. The SMILES string of the molecule is COc1c(C(C)n2nc(C)c3c(N)ncnc32)cc(CI)c(F)c1C1CN(C(C)C)C1. The molecule has 31 heavy (non-hydrogen) atoms. The van der Waals surface area contributed by atoms with Gasteiger partial charge in [0.15, 0.2) is 5.65 Å². The zero-order chi connectivity index (χ0) is 22.4. The van der Waals surface area contributed by atoms with Crippen molar-refractivity contribution in [2.45, 2.75) is 50.1 Å². The van der Waals surface area contributed by atoms with Crippen molar-refractivity contribution in [2.24, 2.45) is 0 Å². The molecule has 1 aliphatic rings. The molecule has 2 N–H and O–H groups in total. The summed E-state index contributed by atoms with van der Waals surface area (Å²) >= 11 is 2.21. The molecule has 4 rings (SSSR count). The molecule has 0 aliphatic carbocycles. The highest BCUT2D eigenvalue weighted by molar-refractivity contribution is 14.1. The van der Waals surface area contributed by atoms with Crippen molar-refractivity contribution >= 4 is 39.4 Å². The average molecular weight is 538 g/mol. The average Bonchev–Trinajstić information content (AvgIpc) is 3.04. The van der Waals surface area contributed by atoms with Gasteiger partial charge in [-0.2, -0.15) is 5.10 Å². The molecule has 0 bridgehead atoms. The summed E-state index contributed by atoms with van der Waals surface area (Å²) in [6.45, 7) is 9.91. The summed E-state index contributed by atoms with van der Waals surface area (Å²) in [5.74, 6) is 0.975. The number of likely N-dealkylation sites (tertiary alicyclic amines) is 1. The van der Waals surface area contributed by atoms with E-state index in [1.165, 1.54) is 6.33 Å². The molecule has 1 aliphatic heterocycles. The molecule has 3 aromatic rings. The highest BCUT2D eigenvalue weighted by Crippen LogP contribution is 2.43. The molecule has 1 atom stereocenters. The lowest BCUT2D eigenvalue weighted by molar-refractivity contribution is 0.106. The third-order valence-electron chi connectivity index (χ3n) is 6.26. The molecule has 7 nitrogen and oxygen atoms in total. The highest BCUT2D eigenvalue weighted by Gasteiger charge is 2.36. The van der Waals surface area contributed by atoms with Gasteiger partial charge >= 0.3 is 0 Å². The minimum atomic E-state index is -0.220. The second kappa shape index (κ2) is 8.50. The molecule has 166 valence electrons. The van der Waals surface area contributed by atoms with Gasteiger partial charge < -0.3 is 10.5 Å². The Labute approximate surface area is 195 Å². The predicted molar refractivity (Wildman–Crippen MR) is 128 cm³/mol. The van der Waals surface area contributed by atoms with E-state index in [9.17, 15) is 0 Å². The lowest BCUT2D eigenvalue weighted by Crippen LogP contribution is -2.49. The van der Waals surface area contributed by atoms with Crippen molar-refractivity contribution in [1.82, 2.24) is 24.6 Å². The number of nitrogens with two attached hydrogens (primary N) is 1. The summed E-state index contributed by atoms with van der Waals surface area (Å²) in [6.07, 6.45) is 1.44. The molecule has 3 heterocycles. The topological polar surface area (TPSA) is 82.1 Å². The van der Waals surface area contributed by atoms with Gasteiger partial charge in [-0.05, 0) is 39.3 Å². The van der Waals surface area contributed by atoms with Crippen LogP contribution in [-0.4, -0.2) is 50.9 Å². The van der Waals surface area contributed by atoms with Gasteiger partial charge in [0.05, 0.1) is 24.2 Å². The predicted octanol–water partition coefficient (Wildman–Crippen LogP) is 4.22. The van der Waals surface area contributed by atoms with Gasteiger partial charge in [0, 0.05) is 40.6 Å². The monoisotopic (exact) mass is 538 g/mol. The molecular weight excluding hydrogens is 510 g/mol. The van der Waals surface area contributed by atoms with Gasteiger partial charge in [-0.3, -0.25) is 4.90 Å². The maximum absolute atomic E-state index is 15.5. The van der Waals surface area contributed by atoms with Gasteiger partial charge in [-0.25, -0.2) is 19.0 Å². The second-order valence-corrected chi connectivity index (χ2v) is 9.19. The van der Waals surface area contributed by atoms with E-state index in [1.54, 1.807) is 7.11 Å². The Morgan fingerprint density at radius 1 is 1.29 bits per heavy atom. The first kappa shape index (κ1) is 22.2. The van der Waals surface area contributed by atoms with E-state index in [0.717, 1.165) is 29.7 Å². The van der Waals surface area contributed by atoms with Crippen LogP contribution < -0.4 is 10.5 Å². The summed E-state index contributed by atoms with van der Waals surface area (Å²) < 4.78 is 23.8. The third kappa shape index (κ3) is 3.65. The Kier molecular flexibility index (Phi) is 6.08. The van der Waals surface area contributed by atoms with Crippen LogP contribution in [-0.2, 0) is 4.43 Å². The van der Waals surface area contributed by atoms with Crippen LogP contribution in [0.5, 0.6) is 5.75 Å². The number of fused-ring (bicyclic) bond motifs is 1. The lowest BCUT2D eigenvalue weighted by atomic mass is 9.85. The fraction of sp³-hybridized carbons (Fsp3) is 0.500. The van der Waals surface area contributed by atoms with Crippen LogP contribution in [0.15, 0.2) is 12.4 Å². The molecule has 1 aromatic carbocycles. The van der Waals surface area contributed by atoms with Crippen molar-refractivity contribution in [3.63, 3.8) is 0 Å². The van der Waals surface area contributed by atoms with Crippen LogP contribution in [0.3, 0.4) is 0 Å². The quantitative estimate of drug-likeness (QED) is 0.374. The Bertz CT molecular complexity index is 1130. The maximum atomic E-state index is 15.5. The van der Waals surface area contributed by atoms with Gasteiger partial charge in [0.1, 0.15) is 23.7 Å². The van der Waals surface area contributed by atoms with Gasteiger partial charge in [-0.1, -0.05) is 22.6 Å². The Morgan fingerprint density at radius 3 is 2.61 bits per heavy atom. The number of aromatic nitrogens is 4. The van der Waals surface area contributed by atoms with E-state index in [-0.39, 0.29) is 17.8 Å². The minimum Gasteiger partial charge on any atom is -0.496 e. The first-order valence-electron chi connectivity index (χ1n) is 10.4. The molecule has 1 saturated heterocycles. The molecule has 0 saturated carbocycles. The summed E-state index contributed by atoms with van der Waals surface area (Å²) in [5.41, 5.74) is 9.76. The van der Waals surface area contributed by atoms with E-state index in [4.69, 9.17) is 15.6 Å². The number of hydrogen-bond acceptors (Lipinski definition) is 6. The normalized spacial score (nSPS) is 16.1. The fourth-order valence-electron chi connectivity index (χ4n) is 4.43. The summed E-state index contributed by atoms with van der Waals surface area (Å²) in [7, 11) is 1.61. The number of methoxy groups -OCH3 is 1. The van der Waals surface area contributed by atoms with Crippen LogP contribution in [0.4, 0.5) is 10.2 Å². The maximum Gasteiger partial charge on any atom is 0.164 e. The van der Waals surface area contributed by atoms with Crippen LogP contribution >= 0.6 is 22.6 Å². The van der Waals surface area contributed by atoms with Crippen LogP contribution in [0.1, 0.15) is 55.1 Å². The van der Waals surface area contributed by atoms with E-state index in [1.807, 2.05) is 24.6 Å². The number of anilines is 1. The Balaban J connectivity index is 1.85. The van der Waals surface area contributed by atoms with Gasteiger partial charge in [-0.15, -0.1) is 0 Å². The first-order chi connectivity index (χ1) is 14.8. The Hall–Kier alpha value is -2.01. The second-order valence-electron chi connectivity index (χ2n) is 8.43. The molecule has 2 aromatic heterocycles. The van der Waals surface area contributed by atoms with Gasteiger partial charge in [0.2, 0.25) is 0 Å². The van der Waals surface area contributed by atoms with Crippen molar-refractivity contribution in [2.75, 3.05) is 25.9 Å². The Morgan fingerprint density at radius 2 is 2.00 bits per heavy atom. The molecule has 9 heteroatoms. The molecule has 0 radical (unpaired) electrons. The highest BCUT2D eigenvalue weighted by atomic mass is 127. The summed E-state index contributed by atoms with van der Waals surface area (Å²) in [5, 5.41) is 5.45. The molecule has 1 fully saturated rings. The van der Waals surface area contributed by atoms with E-state index in [2.05, 4.69) is 51.3 Å². The third-order valence-corrected chi connectivity index (χ3v) is 7.08. The zero-order valence-electron chi connectivity index (χ0n) is 18.5. The molecule has 0 amide bonds. The lowest BCUT2D eigenvalue weighted by Gasteiger charge is -2.43. The van der Waals surface area contributed by atoms with Gasteiger partial charge in [0.25, 0.3) is 0 Å². The number of nitrogen functional groups attached to an aromatic ring is 1. The largest absolute Gasteiger partial charge is 0.496 e. The number of halogens is 2. The number of aryl methyl sites for hydroxylation is 1. The van der Waals surface area contributed by atoms with E-state index >= 15 is 4.39 Å². The number of hydrogen-bond donors (Lipinski definition) is 1. The van der Waals surface area contributed by atoms with Crippen molar-refractivity contribution in [3.05, 3.63) is 40.6 Å². The minimum absolute atomic E-state index is 0.111. The summed E-state index contributed by atoms with van der Waals surface area (Å²) in [6, 6.07) is 2.13. The fourth-order valence-corrected chi connectivity index (χ4v) is 4.99. The van der Waals surface area contributed by atoms with Crippen molar-refractivity contribution in [3.8, 4) is 5.75 Å². The standard InChI is InChI=1S/C22H28FIN6O/c1-11(2)29-8-15(9-29)18-19(23)14(7-24)6-16(20(18)31-5)13(4)30-22-17(12(3)28-30)21(25)26-10-27-22/h6,10-11,13,15H,7-9H2,1-5H3,(H2,25,26,27). The van der Waals surface area contributed by atoms with E-state index in [0.29, 0.717) is 38.8 Å². The van der Waals surface area contributed by atoms with Crippen LogP contribution in [0.25, 0.3) is 11.0 Å². The molecule has 1 unspecified atom stereocenters. The number of rotatable bonds is 6. The molecular formula is C22H28FIN6O. The zero-order valence-corrected chi connectivity index (χ0v) is 20.6. The van der Waals surface area contributed by atoms with E-state index < -0.39 is 0 Å². The molecule has 0 spiro atoms. The number of nitrogens with zero attached hydrogens (tertiary/aromatic N) is 5. The van der Waals surface area contributed by atoms with Crippen LogP contribution in [0, 0.1) is 12.7 Å². The van der Waals surface area contributed by atoms with Crippen molar-refractivity contribution < 1.29 is 9.13 Å². The van der Waals surface area contributed by atoms with Crippen LogP contribution in [0.2, 0.25) is 0 Å². The number of benzene rings is 1. The van der Waals surface area contributed by atoms with Crippen molar-refractivity contribution in [1.29, 1.82) is 0 Å². The first-order valence-corrected chi connectivity index (χ1v) is 11.9. The number of alkyl halides is 1.